The van der Waals surface area contributed by atoms with Crippen LogP contribution in [0.5, 0.6) is 5.88 Å². The Hall–Kier alpha value is -2.54. The number of pyridine rings is 1. The van der Waals surface area contributed by atoms with Gasteiger partial charge in [-0.2, -0.15) is 0 Å². The molecular formula is C21H24N4O2S. The van der Waals surface area contributed by atoms with Crippen LogP contribution < -0.4 is 10.1 Å². The summed E-state index contributed by atoms with van der Waals surface area (Å²) in [6.07, 6.45) is 3.16. The van der Waals surface area contributed by atoms with E-state index in [9.17, 15) is 4.79 Å². The van der Waals surface area contributed by atoms with Crippen molar-refractivity contribution in [1.29, 1.82) is 0 Å². The van der Waals surface area contributed by atoms with E-state index < -0.39 is 0 Å². The number of aliphatic imine (C=N–C) groups is 1. The SMILES string of the molecule is CCC1(C)CSC(Nc2ccc(OC(=O)N3CCc4ccccc4C3)nc2)=N1. The molecule has 0 bridgehead atoms. The minimum absolute atomic E-state index is 0.00294. The molecule has 0 saturated carbocycles. The molecule has 2 aliphatic heterocycles. The van der Waals surface area contributed by atoms with Crippen LogP contribution in [0.25, 0.3) is 0 Å². The van der Waals surface area contributed by atoms with E-state index in [0.29, 0.717) is 19.0 Å². The third-order valence-electron chi connectivity index (χ3n) is 5.22. The number of rotatable bonds is 3. The molecule has 0 fully saturated rings. The zero-order chi connectivity index (χ0) is 19.6. The lowest BCUT2D eigenvalue weighted by Crippen LogP contribution is -2.37. The summed E-state index contributed by atoms with van der Waals surface area (Å²) in [5.74, 6) is 1.28. The second kappa shape index (κ2) is 7.83. The number of hydrogen-bond acceptors (Lipinski definition) is 6. The van der Waals surface area contributed by atoms with Crippen molar-refractivity contribution in [2.45, 2.75) is 38.8 Å². The standard InChI is InChI=1S/C21H24N4O2S/c1-3-21(2)14-28-19(24-21)23-17-8-9-18(22-12-17)27-20(26)25-11-10-15-6-4-5-7-16(15)13-25/h4-9,12H,3,10-11,13-14H2,1-2H3,(H,23,24). The number of amides is 1. The predicted molar refractivity (Wildman–Crippen MR) is 113 cm³/mol. The van der Waals surface area contributed by atoms with Gasteiger partial charge in [-0.1, -0.05) is 43.0 Å². The topological polar surface area (TPSA) is 66.8 Å². The van der Waals surface area contributed by atoms with Crippen LogP contribution in [0.3, 0.4) is 0 Å². The van der Waals surface area contributed by atoms with E-state index in [1.165, 1.54) is 11.1 Å². The minimum Gasteiger partial charge on any atom is -0.391 e. The summed E-state index contributed by atoms with van der Waals surface area (Å²) in [4.78, 5) is 23.2. The lowest BCUT2D eigenvalue weighted by Gasteiger charge is -2.27. The van der Waals surface area contributed by atoms with E-state index in [1.807, 2.05) is 18.2 Å². The van der Waals surface area contributed by atoms with Gasteiger partial charge >= 0.3 is 6.09 Å². The van der Waals surface area contributed by atoms with Crippen molar-refractivity contribution in [3.63, 3.8) is 0 Å². The zero-order valence-electron chi connectivity index (χ0n) is 16.1. The van der Waals surface area contributed by atoms with Crippen LogP contribution in [0.15, 0.2) is 47.6 Å². The lowest BCUT2D eigenvalue weighted by atomic mass is 10.0. The Kier molecular flexibility index (Phi) is 5.26. The molecular weight excluding hydrogens is 372 g/mol. The highest BCUT2D eigenvalue weighted by Gasteiger charge is 2.28. The molecule has 1 amide bonds. The molecule has 28 heavy (non-hydrogen) atoms. The van der Waals surface area contributed by atoms with Crippen LogP contribution >= 0.6 is 11.8 Å². The van der Waals surface area contributed by atoms with Gasteiger partial charge in [-0.25, -0.2) is 9.78 Å². The van der Waals surface area contributed by atoms with E-state index >= 15 is 0 Å². The van der Waals surface area contributed by atoms with Gasteiger partial charge in [0.15, 0.2) is 5.17 Å². The number of anilines is 1. The normalized spacial score (nSPS) is 21.1. The molecule has 0 aliphatic carbocycles. The highest BCUT2D eigenvalue weighted by Crippen LogP contribution is 2.30. The first-order chi connectivity index (χ1) is 13.5. The van der Waals surface area contributed by atoms with E-state index in [1.54, 1.807) is 28.9 Å². The number of carbonyl (C=O) groups excluding carboxylic acids is 1. The van der Waals surface area contributed by atoms with Crippen LogP contribution in [0.2, 0.25) is 0 Å². The molecule has 0 spiro atoms. The smallest absolute Gasteiger partial charge is 0.391 e. The van der Waals surface area contributed by atoms with E-state index in [0.717, 1.165) is 29.4 Å². The minimum atomic E-state index is -0.364. The van der Waals surface area contributed by atoms with Crippen molar-refractivity contribution in [2.75, 3.05) is 17.6 Å². The fraction of sp³-hybridized carbons (Fsp3) is 0.381. The van der Waals surface area contributed by atoms with Gasteiger partial charge in [0, 0.05) is 24.9 Å². The molecule has 146 valence electrons. The Bertz CT molecular complexity index is 900. The number of thioether (sulfide) groups is 1. The molecule has 3 heterocycles. The van der Waals surface area contributed by atoms with Crippen molar-refractivity contribution in [3.8, 4) is 5.88 Å². The van der Waals surface area contributed by atoms with Crippen LogP contribution in [0.4, 0.5) is 10.5 Å². The lowest BCUT2D eigenvalue weighted by molar-refractivity contribution is 0.145. The van der Waals surface area contributed by atoms with Gasteiger partial charge in [-0.15, -0.1) is 0 Å². The summed E-state index contributed by atoms with van der Waals surface area (Å²) in [5.41, 5.74) is 3.31. The maximum absolute atomic E-state index is 12.5. The highest BCUT2D eigenvalue weighted by molar-refractivity contribution is 8.14. The average Bonchev–Trinajstić information content (AvgIpc) is 3.10. The molecule has 1 N–H and O–H groups in total. The molecule has 0 radical (unpaired) electrons. The van der Waals surface area contributed by atoms with Gasteiger partial charge in [0.1, 0.15) is 0 Å². The largest absolute Gasteiger partial charge is 0.416 e. The fourth-order valence-electron chi connectivity index (χ4n) is 3.22. The maximum Gasteiger partial charge on any atom is 0.416 e. The molecule has 1 unspecified atom stereocenters. The molecule has 1 atom stereocenters. The number of fused-ring (bicyclic) bond motifs is 1. The zero-order valence-corrected chi connectivity index (χ0v) is 17.0. The van der Waals surface area contributed by atoms with Crippen LogP contribution in [-0.2, 0) is 13.0 Å². The summed E-state index contributed by atoms with van der Waals surface area (Å²) < 4.78 is 5.46. The summed E-state index contributed by atoms with van der Waals surface area (Å²) in [7, 11) is 0. The Balaban J connectivity index is 1.35. The quantitative estimate of drug-likeness (QED) is 0.837. The highest BCUT2D eigenvalue weighted by atomic mass is 32.2. The summed E-state index contributed by atoms with van der Waals surface area (Å²) >= 11 is 1.72. The van der Waals surface area contributed by atoms with E-state index in [-0.39, 0.29) is 11.6 Å². The monoisotopic (exact) mass is 396 g/mol. The van der Waals surface area contributed by atoms with Crippen LogP contribution in [0.1, 0.15) is 31.4 Å². The maximum atomic E-state index is 12.5. The Morgan fingerprint density at radius 1 is 1.29 bits per heavy atom. The Labute approximate surface area is 169 Å². The van der Waals surface area contributed by atoms with Gasteiger partial charge in [0.25, 0.3) is 0 Å². The van der Waals surface area contributed by atoms with Crippen LogP contribution in [0, 0.1) is 0 Å². The fourth-order valence-corrected chi connectivity index (χ4v) is 4.41. The van der Waals surface area contributed by atoms with Gasteiger partial charge < -0.3 is 15.0 Å². The molecule has 1 aromatic heterocycles. The summed E-state index contributed by atoms with van der Waals surface area (Å²) in [6.45, 7) is 5.54. The third-order valence-corrected chi connectivity index (χ3v) is 6.45. The first kappa shape index (κ1) is 18.8. The molecule has 6 nitrogen and oxygen atoms in total. The van der Waals surface area contributed by atoms with Crippen molar-refractivity contribution in [3.05, 3.63) is 53.7 Å². The first-order valence-corrected chi connectivity index (χ1v) is 10.5. The van der Waals surface area contributed by atoms with Crippen molar-refractivity contribution >= 4 is 28.7 Å². The predicted octanol–water partition coefficient (Wildman–Crippen LogP) is 4.32. The Morgan fingerprint density at radius 3 is 2.82 bits per heavy atom. The molecule has 7 heteroatoms. The molecule has 2 aromatic rings. The summed E-state index contributed by atoms with van der Waals surface area (Å²) in [5, 5.41) is 4.19. The second-order valence-corrected chi connectivity index (χ2v) is 8.34. The van der Waals surface area contributed by atoms with Gasteiger partial charge in [-0.3, -0.25) is 4.99 Å². The van der Waals surface area contributed by atoms with Gasteiger partial charge in [0.05, 0.1) is 17.4 Å². The van der Waals surface area contributed by atoms with Crippen molar-refractivity contribution < 1.29 is 9.53 Å². The molecule has 0 saturated heterocycles. The molecule has 4 rings (SSSR count). The number of amidine groups is 1. The number of ether oxygens (including phenoxy) is 1. The summed E-state index contributed by atoms with van der Waals surface area (Å²) in [6, 6.07) is 11.8. The molecule has 1 aromatic carbocycles. The number of carbonyl (C=O) groups is 1. The second-order valence-electron chi connectivity index (χ2n) is 7.37. The van der Waals surface area contributed by atoms with E-state index in [4.69, 9.17) is 9.73 Å². The number of aromatic nitrogens is 1. The van der Waals surface area contributed by atoms with Crippen molar-refractivity contribution in [1.82, 2.24) is 9.88 Å². The van der Waals surface area contributed by atoms with Crippen molar-refractivity contribution in [2.24, 2.45) is 4.99 Å². The number of nitrogens with zero attached hydrogens (tertiary/aromatic N) is 3. The number of benzene rings is 1. The van der Waals surface area contributed by atoms with Crippen LogP contribution in [-0.4, -0.2) is 39.0 Å². The average molecular weight is 397 g/mol. The number of nitrogens with one attached hydrogen (secondary N) is 1. The molecule has 2 aliphatic rings. The Morgan fingerprint density at radius 2 is 2.11 bits per heavy atom. The number of hydrogen-bond donors (Lipinski definition) is 1. The first-order valence-electron chi connectivity index (χ1n) is 9.54. The van der Waals surface area contributed by atoms with Gasteiger partial charge in [0.2, 0.25) is 5.88 Å². The van der Waals surface area contributed by atoms with Gasteiger partial charge in [-0.05, 0) is 37.0 Å². The third kappa shape index (κ3) is 4.14. The van der Waals surface area contributed by atoms with E-state index in [2.05, 4.69) is 36.3 Å².